The highest BCUT2D eigenvalue weighted by Crippen LogP contribution is 2.29. The molecule has 5 heteroatoms. The lowest BCUT2D eigenvalue weighted by Crippen LogP contribution is -1.96. The van der Waals surface area contributed by atoms with Gasteiger partial charge in [-0.25, -0.2) is 9.67 Å². The van der Waals surface area contributed by atoms with Gasteiger partial charge in [-0.15, -0.1) is 0 Å². The molecule has 0 amide bonds. The maximum atomic E-state index is 5.40. The summed E-state index contributed by atoms with van der Waals surface area (Å²) in [5, 5.41) is 4.39. The van der Waals surface area contributed by atoms with Crippen LogP contribution in [0.5, 0.6) is 5.75 Å². The highest BCUT2D eigenvalue weighted by atomic mass is 16.5. The predicted molar refractivity (Wildman–Crippen MR) is 85.2 cm³/mol. The molecule has 0 spiro atoms. The third-order valence-electron chi connectivity index (χ3n) is 3.58. The fraction of sp³-hybridized carbons (Fsp3) is 0.0588. The largest absolute Gasteiger partial charge is 0.496 e. The van der Waals surface area contributed by atoms with Crippen LogP contribution < -0.4 is 4.74 Å². The van der Waals surface area contributed by atoms with Crippen LogP contribution in [0.2, 0.25) is 0 Å². The number of imidazole rings is 1. The molecule has 2 aromatic carbocycles. The predicted octanol–water partition coefficient (Wildman–Crippen LogP) is 3.42. The lowest BCUT2D eigenvalue weighted by molar-refractivity contribution is 0.416. The number of fused-ring (bicyclic) bond motifs is 1. The highest BCUT2D eigenvalue weighted by molar-refractivity contribution is 5.79. The maximum Gasteiger partial charge on any atom is 0.181 e. The van der Waals surface area contributed by atoms with E-state index in [-0.39, 0.29) is 0 Å². The number of nitrogens with zero attached hydrogens (tertiary/aromatic N) is 3. The number of para-hydroxylation sites is 2. The van der Waals surface area contributed by atoms with Crippen molar-refractivity contribution in [3.63, 3.8) is 0 Å². The average Bonchev–Trinajstić information content (AvgIpc) is 3.16. The van der Waals surface area contributed by atoms with Gasteiger partial charge in [-0.1, -0.05) is 30.3 Å². The second-order valence-corrected chi connectivity index (χ2v) is 4.91. The average molecular weight is 290 g/mol. The number of ether oxygens (including phenoxy) is 1. The van der Waals surface area contributed by atoms with Crippen molar-refractivity contribution in [1.82, 2.24) is 19.7 Å². The first kappa shape index (κ1) is 12.6. The number of hydrogen-bond donors (Lipinski definition) is 1. The van der Waals surface area contributed by atoms with Crippen LogP contribution in [0.1, 0.15) is 0 Å². The third-order valence-corrected chi connectivity index (χ3v) is 3.58. The van der Waals surface area contributed by atoms with E-state index in [0.717, 1.165) is 34.0 Å². The van der Waals surface area contributed by atoms with Crippen LogP contribution in [0.25, 0.3) is 28.2 Å². The summed E-state index contributed by atoms with van der Waals surface area (Å²) in [7, 11) is 1.66. The number of rotatable bonds is 3. The van der Waals surface area contributed by atoms with Crippen LogP contribution in [0.15, 0.2) is 60.8 Å². The van der Waals surface area contributed by atoms with Crippen molar-refractivity contribution < 1.29 is 4.74 Å². The molecule has 0 aliphatic rings. The van der Waals surface area contributed by atoms with E-state index in [1.54, 1.807) is 13.3 Å². The number of hydrogen-bond acceptors (Lipinski definition) is 3. The van der Waals surface area contributed by atoms with E-state index in [1.807, 2.05) is 59.3 Å². The van der Waals surface area contributed by atoms with Gasteiger partial charge in [-0.2, -0.15) is 5.10 Å². The summed E-state index contributed by atoms with van der Waals surface area (Å²) in [6, 6.07) is 17.8. The van der Waals surface area contributed by atoms with E-state index < -0.39 is 0 Å². The molecule has 0 bridgehead atoms. The first-order valence-corrected chi connectivity index (χ1v) is 6.99. The molecule has 5 nitrogen and oxygen atoms in total. The molecule has 1 N–H and O–H groups in total. The van der Waals surface area contributed by atoms with E-state index >= 15 is 0 Å². The highest BCUT2D eigenvalue weighted by Gasteiger charge is 2.14. The SMILES string of the molecule is COc1ccccc1-c1nc2c(cnn2-c2ccccc2)[nH]1. The van der Waals surface area contributed by atoms with Crippen molar-refractivity contribution in [2.45, 2.75) is 0 Å². The van der Waals surface area contributed by atoms with Gasteiger partial charge in [0.25, 0.3) is 0 Å². The Morgan fingerprint density at radius 2 is 1.77 bits per heavy atom. The fourth-order valence-electron chi connectivity index (χ4n) is 2.53. The van der Waals surface area contributed by atoms with Crippen molar-refractivity contribution in [3.05, 3.63) is 60.8 Å². The van der Waals surface area contributed by atoms with Crippen molar-refractivity contribution in [2.75, 3.05) is 7.11 Å². The molecule has 0 atom stereocenters. The maximum absolute atomic E-state index is 5.40. The summed E-state index contributed by atoms with van der Waals surface area (Å²) in [6.07, 6.45) is 1.79. The molecule has 0 unspecified atom stereocenters. The van der Waals surface area contributed by atoms with Crippen molar-refractivity contribution >= 4 is 11.2 Å². The van der Waals surface area contributed by atoms with E-state index in [0.29, 0.717) is 0 Å². The Kier molecular flexibility index (Phi) is 2.89. The molecule has 0 fully saturated rings. The summed E-state index contributed by atoms with van der Waals surface area (Å²) >= 11 is 0. The van der Waals surface area contributed by atoms with Gasteiger partial charge in [0.05, 0.1) is 24.6 Å². The Hall–Kier alpha value is -3.08. The summed E-state index contributed by atoms with van der Waals surface area (Å²) in [5.41, 5.74) is 3.60. The van der Waals surface area contributed by atoms with Crippen LogP contribution >= 0.6 is 0 Å². The van der Waals surface area contributed by atoms with Crippen molar-refractivity contribution in [1.29, 1.82) is 0 Å². The topological polar surface area (TPSA) is 55.7 Å². The van der Waals surface area contributed by atoms with Crippen molar-refractivity contribution in [2.24, 2.45) is 0 Å². The van der Waals surface area contributed by atoms with Gasteiger partial charge in [-0.05, 0) is 24.3 Å². The van der Waals surface area contributed by atoms with Gasteiger partial charge < -0.3 is 9.72 Å². The summed E-state index contributed by atoms with van der Waals surface area (Å²) in [4.78, 5) is 8.00. The van der Waals surface area contributed by atoms with E-state index in [1.165, 1.54) is 0 Å². The molecular formula is C17H14N4O. The standard InChI is InChI=1S/C17H14N4O/c1-22-15-10-6-5-9-13(15)16-19-14-11-18-21(17(14)20-16)12-7-3-2-4-8-12/h2-11H,1H3,(H,19,20). The first-order chi connectivity index (χ1) is 10.9. The van der Waals surface area contributed by atoms with Gasteiger partial charge >= 0.3 is 0 Å². The molecule has 2 aromatic heterocycles. The van der Waals surface area contributed by atoms with Gasteiger partial charge in [0.15, 0.2) is 5.65 Å². The zero-order valence-electron chi connectivity index (χ0n) is 12.0. The van der Waals surface area contributed by atoms with Gasteiger partial charge in [0, 0.05) is 0 Å². The van der Waals surface area contributed by atoms with Crippen molar-refractivity contribution in [3.8, 4) is 22.8 Å². The molecular weight excluding hydrogens is 276 g/mol. The minimum absolute atomic E-state index is 0.773. The summed E-state index contributed by atoms with van der Waals surface area (Å²) < 4.78 is 7.23. The van der Waals surface area contributed by atoms with Gasteiger partial charge in [-0.3, -0.25) is 0 Å². The minimum Gasteiger partial charge on any atom is -0.496 e. The number of aromatic amines is 1. The van der Waals surface area contributed by atoms with Crippen LogP contribution in [-0.2, 0) is 0 Å². The smallest absolute Gasteiger partial charge is 0.181 e. The minimum atomic E-state index is 0.773. The Morgan fingerprint density at radius 3 is 2.59 bits per heavy atom. The second kappa shape index (κ2) is 5.04. The van der Waals surface area contributed by atoms with Crippen LogP contribution in [0.3, 0.4) is 0 Å². The quantitative estimate of drug-likeness (QED) is 0.629. The van der Waals surface area contributed by atoms with Gasteiger partial charge in [0.2, 0.25) is 0 Å². The van der Waals surface area contributed by atoms with Crippen LogP contribution in [-0.4, -0.2) is 26.9 Å². The fourth-order valence-corrected chi connectivity index (χ4v) is 2.53. The van der Waals surface area contributed by atoms with E-state index in [4.69, 9.17) is 9.72 Å². The number of methoxy groups -OCH3 is 1. The molecule has 0 radical (unpaired) electrons. The second-order valence-electron chi connectivity index (χ2n) is 4.91. The number of aromatic nitrogens is 4. The first-order valence-electron chi connectivity index (χ1n) is 6.99. The number of H-pyrrole nitrogens is 1. The molecule has 0 saturated carbocycles. The summed E-state index contributed by atoms with van der Waals surface area (Å²) in [5.74, 6) is 1.56. The zero-order valence-corrected chi connectivity index (χ0v) is 12.0. The molecule has 0 aliphatic heterocycles. The van der Waals surface area contributed by atoms with Gasteiger partial charge in [0.1, 0.15) is 17.1 Å². The van der Waals surface area contributed by atoms with Crippen LogP contribution in [0, 0.1) is 0 Å². The Labute approximate surface area is 127 Å². The van der Waals surface area contributed by atoms with E-state index in [2.05, 4.69) is 10.1 Å². The molecule has 4 rings (SSSR count). The monoisotopic (exact) mass is 290 g/mol. The Bertz CT molecular complexity index is 924. The van der Waals surface area contributed by atoms with Crippen LogP contribution in [0.4, 0.5) is 0 Å². The lowest BCUT2D eigenvalue weighted by atomic mass is 10.2. The van der Waals surface area contributed by atoms with E-state index in [9.17, 15) is 0 Å². The Morgan fingerprint density at radius 1 is 1.00 bits per heavy atom. The molecule has 0 saturated heterocycles. The Balaban J connectivity index is 1.87. The lowest BCUT2D eigenvalue weighted by Gasteiger charge is -2.05. The molecule has 4 aromatic rings. The zero-order chi connectivity index (χ0) is 14.9. The number of nitrogens with one attached hydrogen (secondary N) is 1. The molecule has 22 heavy (non-hydrogen) atoms. The molecule has 108 valence electrons. The summed E-state index contributed by atoms with van der Waals surface area (Å²) in [6.45, 7) is 0. The normalized spacial score (nSPS) is 11.0. The molecule has 2 heterocycles. The molecule has 0 aliphatic carbocycles. The number of benzene rings is 2. The third kappa shape index (κ3) is 1.95.